The molecule has 1 aliphatic rings. The maximum Gasteiger partial charge on any atom is 0.103 e. The average molecular weight is 290 g/mol. The highest BCUT2D eigenvalue weighted by molar-refractivity contribution is 7.99. The van der Waals surface area contributed by atoms with Gasteiger partial charge in [0.15, 0.2) is 0 Å². The molecule has 1 aromatic rings. The van der Waals surface area contributed by atoms with E-state index >= 15 is 0 Å². The molecule has 0 spiro atoms. The summed E-state index contributed by atoms with van der Waals surface area (Å²) in [6.07, 6.45) is 2.54. The molecule has 0 saturated carbocycles. The zero-order chi connectivity index (χ0) is 14.4. The quantitative estimate of drug-likeness (QED) is 0.775. The zero-order valence-electron chi connectivity index (χ0n) is 12.3. The maximum atomic E-state index is 9.50. The molecule has 1 saturated heterocycles. The Labute approximate surface area is 125 Å². The second kappa shape index (κ2) is 7.56. The number of anilines is 1. The van der Waals surface area contributed by atoms with Crippen LogP contribution in [0.3, 0.4) is 0 Å². The van der Waals surface area contributed by atoms with Crippen molar-refractivity contribution < 1.29 is 4.74 Å². The minimum Gasteiger partial charge on any atom is -0.377 e. The molecule has 0 radical (unpaired) electrons. The Morgan fingerprint density at radius 3 is 3.00 bits per heavy atom. The molecule has 1 aromatic carbocycles. The lowest BCUT2D eigenvalue weighted by Gasteiger charge is -2.34. The number of piperidine rings is 1. The minimum atomic E-state index is 0.294. The number of rotatable bonds is 5. The first-order valence-corrected chi connectivity index (χ1v) is 8.31. The lowest BCUT2D eigenvalue weighted by atomic mass is 10.1. The van der Waals surface area contributed by atoms with Crippen LogP contribution in [0.15, 0.2) is 23.1 Å². The van der Waals surface area contributed by atoms with Crippen molar-refractivity contribution in [1.82, 2.24) is 0 Å². The van der Waals surface area contributed by atoms with Crippen LogP contribution in [-0.2, 0) is 4.74 Å². The van der Waals surface area contributed by atoms with Crippen molar-refractivity contribution >= 4 is 17.4 Å². The van der Waals surface area contributed by atoms with Crippen LogP contribution in [0.5, 0.6) is 0 Å². The van der Waals surface area contributed by atoms with Crippen molar-refractivity contribution in [3.05, 3.63) is 23.8 Å². The van der Waals surface area contributed by atoms with E-state index in [2.05, 4.69) is 30.0 Å². The Hall–Kier alpha value is -1.18. The first-order chi connectivity index (χ1) is 9.80. The lowest BCUT2D eigenvalue weighted by molar-refractivity contribution is 0.0526. The summed E-state index contributed by atoms with van der Waals surface area (Å²) < 4.78 is 5.76. The van der Waals surface area contributed by atoms with E-state index in [-0.39, 0.29) is 0 Å². The standard InChI is InChI=1S/C16H22N2OS/c1-3-19-13-7-6-10-18(12-13)15-8-5-9-16(20-4-2)14(15)11-17/h5,8-9,13H,3-4,6-7,10,12H2,1-2H3. The van der Waals surface area contributed by atoms with Crippen LogP contribution < -0.4 is 4.90 Å². The normalized spacial score (nSPS) is 18.9. The molecule has 1 heterocycles. The highest BCUT2D eigenvalue weighted by Crippen LogP contribution is 2.32. The first-order valence-electron chi connectivity index (χ1n) is 7.32. The Morgan fingerprint density at radius 2 is 2.30 bits per heavy atom. The molecule has 1 atom stereocenters. The molecule has 4 heteroatoms. The number of nitriles is 1. The summed E-state index contributed by atoms with van der Waals surface area (Å²) in [5.74, 6) is 0.986. The van der Waals surface area contributed by atoms with Crippen molar-refractivity contribution in [2.75, 3.05) is 30.3 Å². The Bertz CT molecular complexity index is 482. The molecular weight excluding hydrogens is 268 g/mol. The van der Waals surface area contributed by atoms with E-state index in [0.717, 1.165) is 54.4 Å². The van der Waals surface area contributed by atoms with Gasteiger partial charge in [0, 0.05) is 24.6 Å². The largest absolute Gasteiger partial charge is 0.377 e. The molecule has 1 aliphatic heterocycles. The second-order valence-corrected chi connectivity index (χ2v) is 6.17. The molecule has 0 amide bonds. The van der Waals surface area contributed by atoms with Crippen LogP contribution in [0.2, 0.25) is 0 Å². The minimum absolute atomic E-state index is 0.294. The summed E-state index contributed by atoms with van der Waals surface area (Å²) in [5.41, 5.74) is 1.88. The van der Waals surface area contributed by atoms with Gasteiger partial charge in [-0.15, -0.1) is 11.8 Å². The van der Waals surface area contributed by atoms with E-state index in [4.69, 9.17) is 4.74 Å². The van der Waals surface area contributed by atoms with Gasteiger partial charge in [0.1, 0.15) is 6.07 Å². The smallest absolute Gasteiger partial charge is 0.103 e. The van der Waals surface area contributed by atoms with Gasteiger partial charge in [-0.3, -0.25) is 0 Å². The fourth-order valence-corrected chi connectivity index (χ4v) is 3.48. The fourth-order valence-electron chi connectivity index (χ4n) is 2.70. The van der Waals surface area contributed by atoms with Gasteiger partial charge in [0.05, 0.1) is 17.4 Å². The number of hydrogen-bond donors (Lipinski definition) is 0. The van der Waals surface area contributed by atoms with Gasteiger partial charge < -0.3 is 9.64 Å². The van der Waals surface area contributed by atoms with Crippen molar-refractivity contribution in [1.29, 1.82) is 5.26 Å². The molecule has 3 nitrogen and oxygen atoms in total. The van der Waals surface area contributed by atoms with Crippen LogP contribution in [0.25, 0.3) is 0 Å². The molecule has 1 fully saturated rings. The Kier molecular flexibility index (Phi) is 5.75. The van der Waals surface area contributed by atoms with Gasteiger partial charge >= 0.3 is 0 Å². The lowest BCUT2D eigenvalue weighted by Crippen LogP contribution is -2.40. The van der Waals surface area contributed by atoms with Gasteiger partial charge in [-0.25, -0.2) is 0 Å². The predicted molar refractivity (Wildman–Crippen MR) is 84.4 cm³/mol. The van der Waals surface area contributed by atoms with Crippen LogP contribution in [0, 0.1) is 11.3 Å². The van der Waals surface area contributed by atoms with E-state index in [1.54, 1.807) is 11.8 Å². The number of nitrogens with zero attached hydrogens (tertiary/aromatic N) is 2. The Morgan fingerprint density at radius 1 is 1.45 bits per heavy atom. The molecule has 20 heavy (non-hydrogen) atoms. The highest BCUT2D eigenvalue weighted by atomic mass is 32.2. The monoisotopic (exact) mass is 290 g/mol. The number of benzene rings is 1. The first kappa shape index (κ1) is 15.2. The zero-order valence-corrected chi connectivity index (χ0v) is 13.1. The highest BCUT2D eigenvalue weighted by Gasteiger charge is 2.22. The molecular formula is C16H22N2OS. The third-order valence-corrected chi connectivity index (χ3v) is 4.48. The van der Waals surface area contributed by atoms with Gasteiger partial charge in [-0.1, -0.05) is 13.0 Å². The topological polar surface area (TPSA) is 36.3 Å². The predicted octanol–water partition coefficient (Wildman–Crippen LogP) is 3.68. The molecule has 0 aliphatic carbocycles. The van der Waals surface area contributed by atoms with Gasteiger partial charge in [0.25, 0.3) is 0 Å². The van der Waals surface area contributed by atoms with E-state index in [1.165, 1.54) is 0 Å². The number of hydrogen-bond acceptors (Lipinski definition) is 4. The van der Waals surface area contributed by atoms with Crippen LogP contribution in [-0.4, -0.2) is 31.6 Å². The SMILES string of the molecule is CCOC1CCCN(c2cccc(SCC)c2C#N)C1. The Balaban J connectivity index is 2.23. The molecule has 108 valence electrons. The van der Waals surface area contributed by atoms with Gasteiger partial charge in [0.2, 0.25) is 0 Å². The number of ether oxygens (including phenoxy) is 1. The summed E-state index contributed by atoms with van der Waals surface area (Å²) in [6, 6.07) is 8.55. The van der Waals surface area contributed by atoms with Crippen molar-refractivity contribution in [3.8, 4) is 6.07 Å². The summed E-state index contributed by atoms with van der Waals surface area (Å²) in [6.45, 7) is 6.82. The van der Waals surface area contributed by atoms with E-state index in [0.29, 0.717) is 6.10 Å². The van der Waals surface area contributed by atoms with Crippen LogP contribution in [0.4, 0.5) is 5.69 Å². The second-order valence-electron chi connectivity index (χ2n) is 4.86. The molecule has 0 bridgehead atoms. The summed E-state index contributed by atoms with van der Waals surface area (Å²) in [5, 5.41) is 9.50. The molecule has 0 N–H and O–H groups in total. The molecule has 1 unspecified atom stereocenters. The number of thioether (sulfide) groups is 1. The van der Waals surface area contributed by atoms with E-state index < -0.39 is 0 Å². The van der Waals surface area contributed by atoms with Crippen LogP contribution in [0.1, 0.15) is 32.3 Å². The van der Waals surface area contributed by atoms with Crippen LogP contribution >= 0.6 is 11.8 Å². The molecule has 2 rings (SSSR count). The third-order valence-electron chi connectivity index (χ3n) is 3.54. The average Bonchev–Trinajstić information content (AvgIpc) is 2.48. The van der Waals surface area contributed by atoms with Crippen molar-refractivity contribution in [2.24, 2.45) is 0 Å². The third kappa shape index (κ3) is 3.47. The van der Waals surface area contributed by atoms with Crippen molar-refractivity contribution in [2.45, 2.75) is 37.7 Å². The van der Waals surface area contributed by atoms with E-state index in [9.17, 15) is 5.26 Å². The van der Waals surface area contributed by atoms with Gasteiger partial charge in [-0.2, -0.15) is 5.26 Å². The fraction of sp³-hybridized carbons (Fsp3) is 0.562. The van der Waals surface area contributed by atoms with Crippen molar-refractivity contribution in [3.63, 3.8) is 0 Å². The summed E-state index contributed by atoms with van der Waals surface area (Å²) in [4.78, 5) is 3.40. The summed E-state index contributed by atoms with van der Waals surface area (Å²) in [7, 11) is 0. The molecule has 0 aromatic heterocycles. The maximum absolute atomic E-state index is 9.50. The summed E-state index contributed by atoms with van der Waals surface area (Å²) >= 11 is 1.74. The van der Waals surface area contributed by atoms with Gasteiger partial charge in [-0.05, 0) is 37.7 Å². The van der Waals surface area contributed by atoms with E-state index in [1.807, 2.05) is 13.0 Å².